The molecule has 3 aromatic rings. The summed E-state index contributed by atoms with van der Waals surface area (Å²) in [4.78, 5) is 4.40. The van der Waals surface area contributed by atoms with E-state index in [1.807, 2.05) is 56.3 Å². The lowest BCUT2D eigenvalue weighted by molar-refractivity contribution is 0.275. The van der Waals surface area contributed by atoms with Crippen LogP contribution in [0.3, 0.4) is 0 Å². The predicted molar refractivity (Wildman–Crippen MR) is 83.7 cm³/mol. The fraction of sp³-hybridized carbons (Fsp3) is 0.167. The fourth-order valence-electron chi connectivity index (χ4n) is 2.48. The number of pyridine rings is 1. The molecule has 21 heavy (non-hydrogen) atoms. The molecule has 0 atom stereocenters. The van der Waals surface area contributed by atoms with Gasteiger partial charge in [0.15, 0.2) is 0 Å². The molecule has 0 saturated heterocycles. The van der Waals surface area contributed by atoms with Crippen molar-refractivity contribution >= 4 is 10.8 Å². The van der Waals surface area contributed by atoms with E-state index in [9.17, 15) is 5.11 Å². The lowest BCUT2D eigenvalue weighted by Crippen LogP contribution is -1.95. The second-order valence-electron chi connectivity index (χ2n) is 5.22. The Labute approximate surface area is 123 Å². The molecular formula is C18H17NO2. The molecule has 0 amide bonds. The van der Waals surface area contributed by atoms with Crippen LogP contribution in [-0.4, -0.2) is 10.1 Å². The number of rotatable bonds is 3. The van der Waals surface area contributed by atoms with Crippen LogP contribution in [-0.2, 0) is 6.61 Å². The second kappa shape index (κ2) is 5.54. The molecule has 0 radical (unpaired) electrons. The Morgan fingerprint density at radius 1 is 1.00 bits per heavy atom. The van der Waals surface area contributed by atoms with Gasteiger partial charge in [0.1, 0.15) is 5.75 Å². The Kier molecular flexibility index (Phi) is 3.59. The van der Waals surface area contributed by atoms with E-state index in [4.69, 9.17) is 4.74 Å². The minimum atomic E-state index is -0.103. The van der Waals surface area contributed by atoms with E-state index >= 15 is 0 Å². The summed E-state index contributed by atoms with van der Waals surface area (Å²) in [6.07, 6.45) is 0. The van der Waals surface area contributed by atoms with Crippen molar-refractivity contribution in [2.75, 3.05) is 0 Å². The monoisotopic (exact) mass is 279 g/mol. The van der Waals surface area contributed by atoms with Gasteiger partial charge in [-0.1, -0.05) is 24.3 Å². The lowest BCUT2D eigenvalue weighted by atomic mass is 10.1. The molecule has 2 aromatic carbocycles. The summed E-state index contributed by atoms with van der Waals surface area (Å²) in [5.41, 5.74) is 2.90. The van der Waals surface area contributed by atoms with Crippen LogP contribution in [0.15, 0.2) is 48.5 Å². The molecular weight excluding hydrogens is 262 g/mol. The first-order chi connectivity index (χ1) is 10.2. The number of hydrogen-bond acceptors (Lipinski definition) is 3. The highest BCUT2D eigenvalue weighted by Gasteiger charge is 2.08. The average molecular weight is 279 g/mol. The number of ether oxygens (including phenoxy) is 1. The number of aliphatic hydroxyl groups excluding tert-OH is 1. The smallest absolute Gasteiger partial charge is 0.227 e. The molecule has 1 aromatic heterocycles. The van der Waals surface area contributed by atoms with Gasteiger partial charge in [0.2, 0.25) is 5.88 Å². The third-order valence-corrected chi connectivity index (χ3v) is 3.33. The van der Waals surface area contributed by atoms with Gasteiger partial charge in [0, 0.05) is 5.39 Å². The normalized spacial score (nSPS) is 10.8. The topological polar surface area (TPSA) is 42.4 Å². The van der Waals surface area contributed by atoms with Crippen molar-refractivity contribution in [1.82, 2.24) is 4.98 Å². The Balaban J connectivity index is 2.10. The molecule has 0 aliphatic carbocycles. The number of aromatic nitrogens is 1. The first-order valence-corrected chi connectivity index (χ1v) is 6.91. The highest BCUT2D eigenvalue weighted by Crippen LogP contribution is 2.29. The highest BCUT2D eigenvalue weighted by atomic mass is 16.5. The Morgan fingerprint density at radius 2 is 1.71 bits per heavy atom. The van der Waals surface area contributed by atoms with E-state index in [-0.39, 0.29) is 6.61 Å². The van der Waals surface area contributed by atoms with Crippen LogP contribution in [0.4, 0.5) is 0 Å². The summed E-state index contributed by atoms with van der Waals surface area (Å²) in [5, 5.41) is 11.3. The summed E-state index contributed by atoms with van der Waals surface area (Å²) in [5.74, 6) is 1.29. The summed E-state index contributed by atoms with van der Waals surface area (Å²) in [7, 11) is 0. The van der Waals surface area contributed by atoms with Gasteiger partial charge in [-0.15, -0.1) is 0 Å². The summed E-state index contributed by atoms with van der Waals surface area (Å²) in [6, 6.07) is 15.8. The van der Waals surface area contributed by atoms with E-state index in [2.05, 4.69) is 11.1 Å². The first kappa shape index (κ1) is 13.6. The molecule has 106 valence electrons. The quantitative estimate of drug-likeness (QED) is 0.783. The van der Waals surface area contributed by atoms with Gasteiger partial charge in [0.05, 0.1) is 12.3 Å². The number of nitrogens with zero attached hydrogens (tertiary/aromatic N) is 1. The van der Waals surface area contributed by atoms with Gasteiger partial charge in [0.25, 0.3) is 0 Å². The number of aliphatic hydroxyl groups is 1. The van der Waals surface area contributed by atoms with Crippen LogP contribution in [0.25, 0.3) is 10.8 Å². The fourth-order valence-corrected chi connectivity index (χ4v) is 2.48. The van der Waals surface area contributed by atoms with Crippen LogP contribution < -0.4 is 4.74 Å². The molecule has 0 aliphatic heterocycles. The number of fused-ring (bicyclic) bond motifs is 1. The third-order valence-electron chi connectivity index (χ3n) is 3.33. The van der Waals surface area contributed by atoms with Crippen molar-refractivity contribution < 1.29 is 9.84 Å². The molecule has 0 spiro atoms. The van der Waals surface area contributed by atoms with Crippen LogP contribution in [0.5, 0.6) is 11.6 Å². The molecule has 3 nitrogen and oxygen atoms in total. The van der Waals surface area contributed by atoms with Gasteiger partial charge < -0.3 is 9.84 Å². The van der Waals surface area contributed by atoms with Crippen molar-refractivity contribution in [3.63, 3.8) is 0 Å². The number of benzene rings is 2. The van der Waals surface area contributed by atoms with E-state index < -0.39 is 0 Å². The minimum absolute atomic E-state index is 0.103. The summed E-state index contributed by atoms with van der Waals surface area (Å²) >= 11 is 0. The van der Waals surface area contributed by atoms with Crippen LogP contribution in [0.2, 0.25) is 0 Å². The largest absolute Gasteiger partial charge is 0.438 e. The molecule has 1 N–H and O–H groups in total. The van der Waals surface area contributed by atoms with Crippen molar-refractivity contribution in [1.29, 1.82) is 0 Å². The number of hydrogen-bond donors (Lipinski definition) is 1. The maximum Gasteiger partial charge on any atom is 0.227 e. The van der Waals surface area contributed by atoms with Crippen LogP contribution >= 0.6 is 0 Å². The lowest BCUT2D eigenvalue weighted by Gasteiger charge is -2.11. The second-order valence-corrected chi connectivity index (χ2v) is 5.22. The van der Waals surface area contributed by atoms with E-state index in [1.165, 1.54) is 0 Å². The average Bonchev–Trinajstić information content (AvgIpc) is 2.46. The zero-order chi connectivity index (χ0) is 14.8. The van der Waals surface area contributed by atoms with Gasteiger partial charge in [-0.3, -0.25) is 0 Å². The van der Waals surface area contributed by atoms with Crippen LogP contribution in [0, 0.1) is 13.8 Å². The predicted octanol–water partition coefficient (Wildman–Crippen LogP) is 4.14. The van der Waals surface area contributed by atoms with Gasteiger partial charge in [-0.2, -0.15) is 0 Å². The molecule has 0 aliphatic rings. The SMILES string of the molecule is Cc1cc(C)cc(Oc2nc(CO)cc3ccccc23)c1. The summed E-state index contributed by atoms with van der Waals surface area (Å²) in [6.45, 7) is 3.97. The number of aryl methyl sites for hydroxylation is 2. The third kappa shape index (κ3) is 2.88. The van der Waals surface area contributed by atoms with Gasteiger partial charge in [-0.25, -0.2) is 4.98 Å². The van der Waals surface area contributed by atoms with E-state index in [0.717, 1.165) is 27.6 Å². The Morgan fingerprint density at radius 3 is 2.43 bits per heavy atom. The molecule has 1 heterocycles. The standard InChI is InChI=1S/C18H17NO2/c1-12-7-13(2)9-16(8-12)21-18-17-6-4-3-5-14(17)10-15(11-20)19-18/h3-10,20H,11H2,1-2H3. The molecule has 0 saturated carbocycles. The van der Waals surface area contributed by atoms with Crippen molar-refractivity contribution in [3.8, 4) is 11.6 Å². The molecule has 0 bridgehead atoms. The Bertz CT molecular complexity index is 776. The van der Waals surface area contributed by atoms with Gasteiger partial charge in [-0.05, 0) is 54.6 Å². The minimum Gasteiger partial charge on any atom is -0.438 e. The summed E-state index contributed by atoms with van der Waals surface area (Å²) < 4.78 is 5.97. The van der Waals surface area contributed by atoms with Gasteiger partial charge >= 0.3 is 0 Å². The zero-order valence-electron chi connectivity index (χ0n) is 12.1. The maximum atomic E-state index is 9.36. The van der Waals surface area contributed by atoms with Crippen molar-refractivity contribution in [2.45, 2.75) is 20.5 Å². The van der Waals surface area contributed by atoms with E-state index in [1.54, 1.807) is 0 Å². The zero-order valence-corrected chi connectivity index (χ0v) is 12.1. The van der Waals surface area contributed by atoms with E-state index in [0.29, 0.717) is 11.6 Å². The maximum absolute atomic E-state index is 9.36. The van der Waals surface area contributed by atoms with Crippen molar-refractivity contribution in [3.05, 3.63) is 65.4 Å². The molecule has 3 rings (SSSR count). The Hall–Kier alpha value is -2.39. The van der Waals surface area contributed by atoms with Crippen LogP contribution in [0.1, 0.15) is 16.8 Å². The molecule has 0 unspecified atom stereocenters. The first-order valence-electron chi connectivity index (χ1n) is 6.91. The molecule has 0 fully saturated rings. The molecule has 3 heteroatoms. The van der Waals surface area contributed by atoms with Crippen molar-refractivity contribution in [2.24, 2.45) is 0 Å². The highest BCUT2D eigenvalue weighted by molar-refractivity contribution is 5.87.